The third-order valence-electron chi connectivity index (χ3n) is 7.78. The summed E-state index contributed by atoms with van der Waals surface area (Å²) in [4.78, 5) is 15.0. The van der Waals surface area contributed by atoms with E-state index < -0.39 is 0 Å². The zero-order valence-electron chi connectivity index (χ0n) is 23.9. The van der Waals surface area contributed by atoms with Crippen LogP contribution in [0.5, 0.6) is 0 Å². The van der Waals surface area contributed by atoms with E-state index >= 15 is 0 Å². The van der Waals surface area contributed by atoms with Gasteiger partial charge in [-0.05, 0) is 79.3 Å². The molecular formula is C33H44O3S. The number of esters is 1. The SMILES string of the molecule is CCC(CC)(c1ccc(C(=O)OC)c(C)c1)c1cc(C)c(CCC(OCc2ccccc2)C(C)(C)C)s1. The fraction of sp³-hybridized carbons (Fsp3) is 0.485. The van der Waals surface area contributed by atoms with Crippen molar-refractivity contribution in [2.24, 2.45) is 5.41 Å². The predicted molar refractivity (Wildman–Crippen MR) is 156 cm³/mol. The lowest BCUT2D eigenvalue weighted by molar-refractivity contribution is -0.0325. The summed E-state index contributed by atoms with van der Waals surface area (Å²) in [6.45, 7) is 16.3. The van der Waals surface area contributed by atoms with Crippen molar-refractivity contribution in [3.8, 4) is 0 Å². The highest BCUT2D eigenvalue weighted by atomic mass is 32.1. The first kappa shape index (κ1) is 29.1. The van der Waals surface area contributed by atoms with Gasteiger partial charge >= 0.3 is 5.97 Å². The second-order valence-corrected chi connectivity index (χ2v) is 12.4. The molecule has 2 aromatic carbocycles. The van der Waals surface area contributed by atoms with E-state index in [1.807, 2.05) is 30.4 Å². The van der Waals surface area contributed by atoms with E-state index in [4.69, 9.17) is 9.47 Å². The molecular weight excluding hydrogens is 476 g/mol. The molecule has 4 heteroatoms. The Labute approximate surface area is 228 Å². The predicted octanol–water partition coefficient (Wildman–Crippen LogP) is 8.82. The first-order valence-corrected chi connectivity index (χ1v) is 14.3. The smallest absolute Gasteiger partial charge is 0.338 e. The number of benzene rings is 2. The maximum atomic E-state index is 12.1. The van der Waals surface area contributed by atoms with Gasteiger partial charge in [0.2, 0.25) is 0 Å². The number of methoxy groups -OCH3 is 1. The Balaban J connectivity index is 1.83. The van der Waals surface area contributed by atoms with Crippen LogP contribution >= 0.6 is 11.3 Å². The summed E-state index contributed by atoms with van der Waals surface area (Å²) in [5, 5.41) is 0. The van der Waals surface area contributed by atoms with E-state index in [1.165, 1.54) is 33.6 Å². The van der Waals surface area contributed by atoms with Crippen molar-refractivity contribution in [1.29, 1.82) is 0 Å². The molecule has 3 nitrogen and oxygen atoms in total. The highest BCUT2D eigenvalue weighted by molar-refractivity contribution is 7.12. The first-order chi connectivity index (χ1) is 17.6. The summed E-state index contributed by atoms with van der Waals surface area (Å²) < 4.78 is 11.4. The molecule has 200 valence electrons. The topological polar surface area (TPSA) is 35.5 Å². The molecule has 0 saturated heterocycles. The Morgan fingerprint density at radius 2 is 1.62 bits per heavy atom. The number of ether oxygens (including phenoxy) is 2. The van der Waals surface area contributed by atoms with Gasteiger partial charge in [0.05, 0.1) is 25.4 Å². The third kappa shape index (κ3) is 6.72. The summed E-state index contributed by atoms with van der Waals surface area (Å²) in [5.74, 6) is -0.278. The quantitative estimate of drug-likeness (QED) is 0.237. The molecule has 3 rings (SSSR count). The van der Waals surface area contributed by atoms with Crippen LogP contribution in [-0.4, -0.2) is 19.2 Å². The monoisotopic (exact) mass is 520 g/mol. The van der Waals surface area contributed by atoms with Gasteiger partial charge in [0.25, 0.3) is 0 Å². The second kappa shape index (κ2) is 12.4. The molecule has 1 heterocycles. The Bertz CT molecular complexity index is 1170. The molecule has 0 aliphatic carbocycles. The minimum absolute atomic E-state index is 0.0677. The molecule has 37 heavy (non-hydrogen) atoms. The van der Waals surface area contributed by atoms with Crippen LogP contribution in [0.3, 0.4) is 0 Å². The zero-order chi connectivity index (χ0) is 27.2. The maximum Gasteiger partial charge on any atom is 0.338 e. The lowest BCUT2D eigenvalue weighted by atomic mass is 9.74. The van der Waals surface area contributed by atoms with Gasteiger partial charge in [-0.25, -0.2) is 4.79 Å². The van der Waals surface area contributed by atoms with Crippen LogP contribution in [0.4, 0.5) is 0 Å². The molecule has 0 N–H and O–H groups in total. The van der Waals surface area contributed by atoms with Gasteiger partial charge in [-0.1, -0.05) is 77.1 Å². The molecule has 3 aromatic rings. The van der Waals surface area contributed by atoms with Crippen molar-refractivity contribution < 1.29 is 14.3 Å². The van der Waals surface area contributed by atoms with Crippen molar-refractivity contribution in [2.45, 2.75) is 92.3 Å². The summed E-state index contributed by atoms with van der Waals surface area (Å²) in [6, 6.07) is 19.1. The Hall–Kier alpha value is -2.43. The van der Waals surface area contributed by atoms with Gasteiger partial charge in [0.1, 0.15) is 0 Å². The summed E-state index contributed by atoms with van der Waals surface area (Å²) >= 11 is 1.95. The molecule has 1 aromatic heterocycles. The van der Waals surface area contributed by atoms with Crippen LogP contribution in [0.2, 0.25) is 0 Å². The van der Waals surface area contributed by atoms with Gasteiger partial charge in [0.15, 0.2) is 0 Å². The van der Waals surface area contributed by atoms with Gasteiger partial charge in [-0.15, -0.1) is 11.3 Å². The lowest BCUT2D eigenvalue weighted by Gasteiger charge is -2.32. The summed E-state index contributed by atoms with van der Waals surface area (Å²) in [6.07, 6.45) is 4.19. The Kier molecular flexibility index (Phi) is 9.77. The highest BCUT2D eigenvalue weighted by Crippen LogP contribution is 2.44. The van der Waals surface area contributed by atoms with Crippen molar-refractivity contribution >= 4 is 17.3 Å². The van der Waals surface area contributed by atoms with Gasteiger partial charge in [-0.2, -0.15) is 0 Å². The third-order valence-corrected chi connectivity index (χ3v) is 9.28. The number of hydrogen-bond acceptors (Lipinski definition) is 4. The largest absolute Gasteiger partial charge is 0.465 e. The van der Waals surface area contributed by atoms with E-state index in [-0.39, 0.29) is 22.9 Å². The average Bonchev–Trinajstić information content (AvgIpc) is 3.25. The molecule has 0 fully saturated rings. The average molecular weight is 521 g/mol. The molecule has 0 bridgehead atoms. The number of carbonyl (C=O) groups excluding carboxylic acids is 1. The minimum atomic E-state index is -0.278. The van der Waals surface area contributed by atoms with E-state index in [0.29, 0.717) is 12.2 Å². The maximum absolute atomic E-state index is 12.1. The summed E-state index contributed by atoms with van der Waals surface area (Å²) in [7, 11) is 1.44. The van der Waals surface area contributed by atoms with Crippen LogP contribution < -0.4 is 0 Å². The highest BCUT2D eigenvalue weighted by Gasteiger charge is 2.34. The van der Waals surface area contributed by atoms with Crippen LogP contribution in [0, 0.1) is 19.3 Å². The zero-order valence-corrected chi connectivity index (χ0v) is 24.8. The van der Waals surface area contributed by atoms with Crippen molar-refractivity contribution in [3.05, 3.63) is 92.2 Å². The van der Waals surface area contributed by atoms with Crippen molar-refractivity contribution in [2.75, 3.05) is 7.11 Å². The fourth-order valence-corrected chi connectivity index (χ4v) is 6.80. The fourth-order valence-electron chi connectivity index (χ4n) is 5.25. The van der Waals surface area contributed by atoms with Crippen LogP contribution in [-0.2, 0) is 27.9 Å². The number of thiophene rings is 1. The van der Waals surface area contributed by atoms with Crippen LogP contribution in [0.1, 0.15) is 96.2 Å². The molecule has 0 spiro atoms. The standard InChI is InChI=1S/C33H44O3S/c1-9-33(10-2,26-16-17-27(23(3)20-26)31(34)35-8)30-21-24(4)28(37-30)18-19-29(32(5,6)7)36-22-25-14-12-11-13-15-25/h11-17,20-21,29H,9-10,18-19,22H2,1-8H3. The second-order valence-electron chi connectivity index (χ2n) is 11.2. The molecule has 0 amide bonds. The minimum Gasteiger partial charge on any atom is -0.465 e. The van der Waals surface area contributed by atoms with E-state index in [0.717, 1.165) is 31.2 Å². The summed E-state index contributed by atoms with van der Waals surface area (Å²) in [5.41, 5.74) is 5.46. The number of hydrogen-bond donors (Lipinski definition) is 0. The Morgan fingerprint density at radius 3 is 2.19 bits per heavy atom. The lowest BCUT2D eigenvalue weighted by Crippen LogP contribution is -2.29. The number of aryl methyl sites for hydroxylation is 3. The molecule has 1 atom stereocenters. The molecule has 1 unspecified atom stereocenters. The van der Waals surface area contributed by atoms with Crippen molar-refractivity contribution in [3.63, 3.8) is 0 Å². The number of carbonyl (C=O) groups is 1. The van der Waals surface area contributed by atoms with Crippen molar-refractivity contribution in [1.82, 2.24) is 0 Å². The number of rotatable bonds is 11. The van der Waals surface area contributed by atoms with Crippen LogP contribution in [0.15, 0.2) is 54.6 Å². The van der Waals surface area contributed by atoms with Crippen LogP contribution in [0.25, 0.3) is 0 Å². The molecule has 0 aliphatic heterocycles. The molecule has 0 saturated carbocycles. The van der Waals surface area contributed by atoms with E-state index in [2.05, 4.69) is 84.0 Å². The van der Waals surface area contributed by atoms with E-state index in [1.54, 1.807) is 0 Å². The van der Waals surface area contributed by atoms with Gasteiger partial charge in [0, 0.05) is 15.2 Å². The van der Waals surface area contributed by atoms with Gasteiger partial charge in [-0.3, -0.25) is 0 Å². The molecule has 0 aliphatic rings. The first-order valence-electron chi connectivity index (χ1n) is 13.5. The normalized spacial score (nSPS) is 13.0. The Morgan fingerprint density at radius 1 is 0.946 bits per heavy atom. The molecule has 0 radical (unpaired) electrons. The van der Waals surface area contributed by atoms with Gasteiger partial charge < -0.3 is 9.47 Å². The van der Waals surface area contributed by atoms with E-state index in [9.17, 15) is 4.79 Å².